The van der Waals surface area contributed by atoms with Gasteiger partial charge in [-0.3, -0.25) is 4.79 Å². The van der Waals surface area contributed by atoms with Gasteiger partial charge in [0.1, 0.15) is 0 Å². The second kappa shape index (κ2) is 5.79. The van der Waals surface area contributed by atoms with Gasteiger partial charge in [0.05, 0.1) is 11.5 Å². The molecule has 110 valence electrons. The Kier molecular flexibility index (Phi) is 4.50. The monoisotopic (exact) mass is 288 g/mol. The molecule has 5 nitrogen and oxygen atoms in total. The maximum atomic E-state index is 12.0. The third-order valence-electron chi connectivity index (χ3n) is 4.19. The van der Waals surface area contributed by atoms with E-state index in [-0.39, 0.29) is 29.0 Å². The second-order valence-electron chi connectivity index (χ2n) is 6.12. The van der Waals surface area contributed by atoms with Crippen LogP contribution in [-0.4, -0.2) is 37.4 Å². The summed E-state index contributed by atoms with van der Waals surface area (Å²) in [7, 11) is -2.97. The lowest BCUT2D eigenvalue weighted by atomic mass is 9.80. The van der Waals surface area contributed by atoms with Gasteiger partial charge < -0.3 is 11.1 Å². The maximum Gasteiger partial charge on any atom is 0.222 e. The lowest BCUT2D eigenvalue weighted by Crippen LogP contribution is -2.49. The Morgan fingerprint density at radius 3 is 2.53 bits per heavy atom. The summed E-state index contributed by atoms with van der Waals surface area (Å²) < 4.78 is 23.0. The van der Waals surface area contributed by atoms with Crippen LogP contribution in [0.5, 0.6) is 0 Å². The van der Waals surface area contributed by atoms with Crippen LogP contribution in [0.3, 0.4) is 0 Å². The van der Waals surface area contributed by atoms with E-state index >= 15 is 0 Å². The largest absolute Gasteiger partial charge is 0.352 e. The van der Waals surface area contributed by atoms with Gasteiger partial charge in [-0.1, -0.05) is 19.3 Å². The van der Waals surface area contributed by atoms with E-state index in [1.54, 1.807) is 0 Å². The first-order chi connectivity index (χ1) is 8.89. The van der Waals surface area contributed by atoms with Crippen molar-refractivity contribution >= 4 is 15.7 Å². The van der Waals surface area contributed by atoms with Gasteiger partial charge in [-0.05, 0) is 25.7 Å². The predicted molar refractivity (Wildman–Crippen MR) is 74.4 cm³/mol. The molecule has 1 amide bonds. The van der Waals surface area contributed by atoms with E-state index in [0.717, 1.165) is 32.1 Å². The van der Waals surface area contributed by atoms with Crippen molar-refractivity contribution in [1.29, 1.82) is 0 Å². The Balaban J connectivity index is 1.84. The van der Waals surface area contributed by atoms with E-state index in [1.165, 1.54) is 6.42 Å². The number of hydrogen-bond acceptors (Lipinski definition) is 4. The molecule has 6 heteroatoms. The van der Waals surface area contributed by atoms with Gasteiger partial charge in [0.15, 0.2) is 9.84 Å². The molecule has 1 aliphatic heterocycles. The lowest BCUT2D eigenvalue weighted by molar-refractivity contribution is -0.123. The van der Waals surface area contributed by atoms with Crippen LogP contribution in [0.1, 0.15) is 51.4 Å². The molecular formula is C13H24N2O3S. The third-order valence-corrected chi connectivity index (χ3v) is 6.01. The number of amides is 1. The molecule has 3 N–H and O–H groups in total. The van der Waals surface area contributed by atoms with Crippen LogP contribution < -0.4 is 11.1 Å². The number of rotatable bonds is 3. The summed E-state index contributed by atoms with van der Waals surface area (Å²) in [6, 6.07) is -0.224. The number of carbonyl (C=O) groups excluding carboxylic acids is 1. The van der Waals surface area contributed by atoms with Gasteiger partial charge in [-0.2, -0.15) is 0 Å². The Labute approximate surface area is 115 Å². The average molecular weight is 288 g/mol. The van der Waals surface area contributed by atoms with Crippen molar-refractivity contribution in [2.75, 3.05) is 11.5 Å². The highest BCUT2D eigenvalue weighted by Crippen LogP contribution is 2.28. The Hall–Kier alpha value is -0.620. The highest BCUT2D eigenvalue weighted by molar-refractivity contribution is 7.91. The van der Waals surface area contributed by atoms with Crippen LogP contribution >= 0.6 is 0 Å². The molecule has 0 bridgehead atoms. The standard InChI is InChI=1S/C13H24N2O3S/c14-13(6-2-1-3-7-13)9-12(16)15-11-5-4-8-19(17,18)10-11/h11H,1-10,14H2,(H,15,16). The second-order valence-corrected chi connectivity index (χ2v) is 8.35. The number of nitrogens with two attached hydrogens (primary N) is 1. The van der Waals surface area contributed by atoms with Crippen molar-refractivity contribution in [3.05, 3.63) is 0 Å². The van der Waals surface area contributed by atoms with Crippen molar-refractivity contribution in [2.24, 2.45) is 5.73 Å². The highest BCUT2D eigenvalue weighted by Gasteiger charge is 2.32. The molecule has 1 saturated heterocycles. The fourth-order valence-electron chi connectivity index (χ4n) is 3.17. The molecule has 2 fully saturated rings. The normalized spacial score (nSPS) is 29.6. The van der Waals surface area contributed by atoms with Crippen LogP contribution in [0.15, 0.2) is 0 Å². The fraction of sp³-hybridized carbons (Fsp3) is 0.923. The van der Waals surface area contributed by atoms with Crippen molar-refractivity contribution < 1.29 is 13.2 Å². The summed E-state index contributed by atoms with van der Waals surface area (Å²) in [6.45, 7) is 0. The van der Waals surface area contributed by atoms with Crippen LogP contribution in [0.4, 0.5) is 0 Å². The minimum Gasteiger partial charge on any atom is -0.352 e. The minimum absolute atomic E-state index is 0.0797. The molecule has 19 heavy (non-hydrogen) atoms. The van der Waals surface area contributed by atoms with E-state index in [4.69, 9.17) is 5.73 Å². The number of hydrogen-bond donors (Lipinski definition) is 2. The van der Waals surface area contributed by atoms with Crippen LogP contribution in [0.25, 0.3) is 0 Å². The Morgan fingerprint density at radius 1 is 1.21 bits per heavy atom. The molecule has 1 aliphatic carbocycles. The molecule has 2 rings (SSSR count). The fourth-order valence-corrected chi connectivity index (χ4v) is 4.80. The van der Waals surface area contributed by atoms with E-state index in [9.17, 15) is 13.2 Å². The summed E-state index contributed by atoms with van der Waals surface area (Å²) >= 11 is 0. The van der Waals surface area contributed by atoms with Gasteiger partial charge in [0, 0.05) is 18.0 Å². The van der Waals surface area contributed by atoms with Gasteiger partial charge >= 0.3 is 0 Å². The quantitative estimate of drug-likeness (QED) is 0.801. The zero-order valence-electron chi connectivity index (χ0n) is 11.4. The molecular weight excluding hydrogens is 264 g/mol. The SMILES string of the molecule is NC1(CC(=O)NC2CCCS(=O)(=O)C2)CCCCC1. The molecule has 0 aromatic rings. The topological polar surface area (TPSA) is 89.3 Å². The first-order valence-electron chi connectivity index (χ1n) is 7.17. The molecule has 1 atom stereocenters. The summed E-state index contributed by atoms with van der Waals surface area (Å²) in [5.74, 6) is 0.239. The van der Waals surface area contributed by atoms with Crippen LogP contribution in [-0.2, 0) is 14.6 Å². The molecule has 1 saturated carbocycles. The maximum absolute atomic E-state index is 12.0. The third kappa shape index (κ3) is 4.45. The summed E-state index contributed by atoms with van der Waals surface area (Å²) in [4.78, 5) is 12.0. The summed E-state index contributed by atoms with van der Waals surface area (Å²) in [6.07, 6.45) is 6.87. The first kappa shape index (κ1) is 14.8. The first-order valence-corrected chi connectivity index (χ1v) is 8.99. The predicted octanol–water partition coefficient (Wildman–Crippen LogP) is 0.731. The average Bonchev–Trinajstić information content (AvgIpc) is 2.27. The molecule has 0 aromatic heterocycles. The van der Waals surface area contributed by atoms with Gasteiger partial charge in [0.2, 0.25) is 5.91 Å². The molecule has 1 heterocycles. The van der Waals surface area contributed by atoms with Crippen LogP contribution in [0.2, 0.25) is 0 Å². The molecule has 2 aliphatic rings. The zero-order chi connectivity index (χ0) is 13.9. The highest BCUT2D eigenvalue weighted by atomic mass is 32.2. The van der Waals surface area contributed by atoms with Crippen LogP contribution in [0, 0.1) is 0 Å². The Morgan fingerprint density at radius 2 is 1.89 bits per heavy atom. The van der Waals surface area contributed by atoms with Crippen molar-refractivity contribution in [1.82, 2.24) is 5.32 Å². The molecule has 0 radical (unpaired) electrons. The van der Waals surface area contributed by atoms with E-state index in [0.29, 0.717) is 12.8 Å². The minimum atomic E-state index is -2.97. The molecule has 0 aromatic carbocycles. The van der Waals surface area contributed by atoms with Crippen molar-refractivity contribution in [3.63, 3.8) is 0 Å². The number of sulfone groups is 1. The summed E-state index contributed by atoms with van der Waals surface area (Å²) in [5.41, 5.74) is 5.86. The molecule has 0 spiro atoms. The van der Waals surface area contributed by atoms with E-state index < -0.39 is 9.84 Å². The van der Waals surface area contributed by atoms with E-state index in [1.807, 2.05) is 0 Å². The number of nitrogens with one attached hydrogen (secondary N) is 1. The van der Waals surface area contributed by atoms with E-state index in [2.05, 4.69) is 5.32 Å². The zero-order valence-corrected chi connectivity index (χ0v) is 12.2. The van der Waals surface area contributed by atoms with Gasteiger partial charge in [-0.25, -0.2) is 8.42 Å². The smallest absolute Gasteiger partial charge is 0.222 e. The summed E-state index contributed by atoms with van der Waals surface area (Å²) in [5, 5.41) is 2.85. The lowest BCUT2D eigenvalue weighted by Gasteiger charge is -2.33. The van der Waals surface area contributed by atoms with Gasteiger partial charge in [0.25, 0.3) is 0 Å². The van der Waals surface area contributed by atoms with Gasteiger partial charge in [-0.15, -0.1) is 0 Å². The number of carbonyl (C=O) groups is 1. The van der Waals surface area contributed by atoms with Crippen molar-refractivity contribution in [3.8, 4) is 0 Å². The van der Waals surface area contributed by atoms with Crippen molar-refractivity contribution in [2.45, 2.75) is 62.9 Å². The molecule has 1 unspecified atom stereocenters. The Bertz CT molecular complexity index is 427.